The van der Waals surface area contributed by atoms with Crippen molar-refractivity contribution in [3.8, 4) is 0 Å². The maximum Gasteiger partial charge on any atom is 0.0622 e. The molecule has 3 nitrogen and oxygen atoms in total. The number of rotatable bonds is 6. The fourth-order valence-corrected chi connectivity index (χ4v) is 1.90. The second kappa shape index (κ2) is 6.38. The zero-order valence-electron chi connectivity index (χ0n) is 9.75. The third kappa shape index (κ3) is 3.95. The Labute approximate surface area is 87.8 Å². The Morgan fingerprint density at radius 1 is 1.57 bits per heavy atom. The largest absolute Gasteiger partial charge is 0.380 e. The molecule has 1 fully saturated rings. The van der Waals surface area contributed by atoms with Crippen molar-refractivity contribution in [2.24, 2.45) is 0 Å². The van der Waals surface area contributed by atoms with Gasteiger partial charge < -0.3 is 15.0 Å². The molecule has 0 aromatic carbocycles. The smallest absolute Gasteiger partial charge is 0.0622 e. The van der Waals surface area contributed by atoms with Gasteiger partial charge in [0.05, 0.1) is 6.61 Å². The average molecular weight is 200 g/mol. The van der Waals surface area contributed by atoms with Gasteiger partial charge in [-0.15, -0.1) is 0 Å². The van der Waals surface area contributed by atoms with Crippen molar-refractivity contribution in [1.82, 2.24) is 10.2 Å². The summed E-state index contributed by atoms with van der Waals surface area (Å²) in [5.74, 6) is 0. The van der Waals surface area contributed by atoms with E-state index >= 15 is 0 Å². The molecular formula is C11H24N2O. The first kappa shape index (κ1) is 12.0. The van der Waals surface area contributed by atoms with Crippen molar-refractivity contribution in [2.45, 2.75) is 38.8 Å². The maximum absolute atomic E-state index is 5.38. The molecule has 0 saturated carbocycles. The van der Waals surface area contributed by atoms with Crippen LogP contribution in [0, 0.1) is 0 Å². The molecule has 14 heavy (non-hydrogen) atoms. The molecule has 0 aromatic heterocycles. The van der Waals surface area contributed by atoms with Gasteiger partial charge in [0.2, 0.25) is 0 Å². The van der Waals surface area contributed by atoms with Gasteiger partial charge in [-0.25, -0.2) is 0 Å². The van der Waals surface area contributed by atoms with Crippen LogP contribution in [0.5, 0.6) is 0 Å². The topological polar surface area (TPSA) is 24.5 Å². The van der Waals surface area contributed by atoms with Crippen LogP contribution in [0.3, 0.4) is 0 Å². The lowest BCUT2D eigenvalue weighted by Gasteiger charge is -2.24. The van der Waals surface area contributed by atoms with E-state index in [1.54, 1.807) is 0 Å². The summed E-state index contributed by atoms with van der Waals surface area (Å²) in [6, 6.07) is 1.29. The molecule has 3 heteroatoms. The Balaban J connectivity index is 2.10. The summed E-state index contributed by atoms with van der Waals surface area (Å²) in [5.41, 5.74) is 0. The monoisotopic (exact) mass is 200 g/mol. The van der Waals surface area contributed by atoms with Crippen LogP contribution in [0.2, 0.25) is 0 Å². The van der Waals surface area contributed by atoms with E-state index in [2.05, 4.69) is 31.1 Å². The Kier molecular flexibility index (Phi) is 5.45. The quantitative estimate of drug-likeness (QED) is 0.695. The van der Waals surface area contributed by atoms with Crippen LogP contribution in [0.1, 0.15) is 26.7 Å². The molecule has 0 bridgehead atoms. The minimum atomic E-state index is 0.629. The van der Waals surface area contributed by atoms with Crippen LogP contribution >= 0.6 is 0 Å². The molecule has 2 unspecified atom stereocenters. The Morgan fingerprint density at radius 3 is 2.93 bits per heavy atom. The molecule has 1 aliphatic heterocycles. The highest BCUT2D eigenvalue weighted by atomic mass is 16.5. The third-order valence-corrected chi connectivity index (χ3v) is 3.00. The molecule has 1 heterocycles. The summed E-state index contributed by atoms with van der Waals surface area (Å²) >= 11 is 0. The van der Waals surface area contributed by atoms with Crippen LogP contribution in [0.25, 0.3) is 0 Å². The van der Waals surface area contributed by atoms with E-state index in [1.807, 2.05) is 0 Å². The SMILES string of the molecule is CCNC(C)CCN(C)C1CCOC1. The van der Waals surface area contributed by atoms with E-state index in [9.17, 15) is 0 Å². The van der Waals surface area contributed by atoms with Crippen molar-refractivity contribution < 1.29 is 4.74 Å². The molecule has 1 aliphatic rings. The first-order valence-electron chi connectivity index (χ1n) is 5.75. The van der Waals surface area contributed by atoms with Crippen molar-refractivity contribution in [2.75, 3.05) is 33.4 Å². The van der Waals surface area contributed by atoms with Crippen LogP contribution in [-0.2, 0) is 4.74 Å². The molecule has 0 spiro atoms. The van der Waals surface area contributed by atoms with E-state index in [1.165, 1.54) is 19.4 Å². The lowest BCUT2D eigenvalue weighted by Crippen LogP contribution is -2.36. The number of ether oxygens (including phenoxy) is 1. The van der Waals surface area contributed by atoms with Crippen LogP contribution in [-0.4, -0.2) is 50.3 Å². The van der Waals surface area contributed by atoms with Crippen LogP contribution < -0.4 is 5.32 Å². The first-order chi connectivity index (χ1) is 6.74. The molecule has 1 N–H and O–H groups in total. The number of hydrogen-bond donors (Lipinski definition) is 1. The maximum atomic E-state index is 5.38. The summed E-state index contributed by atoms with van der Waals surface area (Å²) in [7, 11) is 2.21. The Hall–Kier alpha value is -0.120. The predicted octanol–water partition coefficient (Wildman–Crippen LogP) is 1.10. The van der Waals surface area contributed by atoms with E-state index in [0.29, 0.717) is 12.1 Å². The van der Waals surface area contributed by atoms with Gasteiger partial charge in [0.1, 0.15) is 0 Å². The van der Waals surface area contributed by atoms with E-state index in [0.717, 1.165) is 19.8 Å². The summed E-state index contributed by atoms with van der Waals surface area (Å²) in [5, 5.41) is 3.43. The fraction of sp³-hybridized carbons (Fsp3) is 1.00. The standard InChI is InChI=1S/C11H24N2O/c1-4-12-10(2)5-7-13(3)11-6-8-14-9-11/h10-12H,4-9H2,1-3H3. The first-order valence-corrected chi connectivity index (χ1v) is 5.75. The Bertz CT molecular complexity index is 146. The van der Waals surface area contributed by atoms with Crippen LogP contribution in [0.4, 0.5) is 0 Å². The zero-order chi connectivity index (χ0) is 10.4. The molecule has 84 valence electrons. The van der Waals surface area contributed by atoms with Crippen molar-refractivity contribution in [3.05, 3.63) is 0 Å². The van der Waals surface area contributed by atoms with Gasteiger partial charge >= 0.3 is 0 Å². The minimum absolute atomic E-state index is 0.629. The number of hydrogen-bond acceptors (Lipinski definition) is 3. The summed E-state index contributed by atoms with van der Waals surface area (Å²) in [4.78, 5) is 2.43. The number of nitrogens with one attached hydrogen (secondary N) is 1. The lowest BCUT2D eigenvalue weighted by molar-refractivity contribution is 0.157. The van der Waals surface area contributed by atoms with Gasteiger partial charge in [-0.05, 0) is 39.9 Å². The highest BCUT2D eigenvalue weighted by Crippen LogP contribution is 2.10. The lowest BCUT2D eigenvalue weighted by atomic mass is 10.2. The van der Waals surface area contributed by atoms with E-state index in [4.69, 9.17) is 4.74 Å². The van der Waals surface area contributed by atoms with Crippen molar-refractivity contribution >= 4 is 0 Å². The number of likely N-dealkylation sites (N-methyl/N-ethyl adjacent to an activating group) is 1. The fourth-order valence-electron chi connectivity index (χ4n) is 1.90. The van der Waals surface area contributed by atoms with Gasteiger partial charge in [0.25, 0.3) is 0 Å². The van der Waals surface area contributed by atoms with Crippen molar-refractivity contribution in [3.63, 3.8) is 0 Å². The predicted molar refractivity (Wildman–Crippen MR) is 59.6 cm³/mol. The third-order valence-electron chi connectivity index (χ3n) is 3.00. The molecule has 0 aromatic rings. The van der Waals surface area contributed by atoms with Gasteiger partial charge in [0.15, 0.2) is 0 Å². The molecule has 2 atom stereocenters. The zero-order valence-corrected chi connectivity index (χ0v) is 9.75. The minimum Gasteiger partial charge on any atom is -0.380 e. The summed E-state index contributed by atoms with van der Waals surface area (Å²) < 4.78 is 5.38. The molecule has 0 aliphatic carbocycles. The van der Waals surface area contributed by atoms with Crippen molar-refractivity contribution in [1.29, 1.82) is 0 Å². The number of nitrogens with zero attached hydrogens (tertiary/aromatic N) is 1. The highest BCUT2D eigenvalue weighted by molar-refractivity contribution is 4.74. The summed E-state index contributed by atoms with van der Waals surface area (Å²) in [6.07, 6.45) is 2.42. The highest BCUT2D eigenvalue weighted by Gasteiger charge is 2.19. The molecule has 0 amide bonds. The van der Waals surface area contributed by atoms with E-state index in [-0.39, 0.29) is 0 Å². The molecule has 1 rings (SSSR count). The summed E-state index contributed by atoms with van der Waals surface area (Å²) in [6.45, 7) is 8.51. The molecular weight excluding hydrogens is 176 g/mol. The van der Waals surface area contributed by atoms with Gasteiger partial charge in [-0.1, -0.05) is 6.92 Å². The average Bonchev–Trinajstić information content (AvgIpc) is 2.67. The second-order valence-electron chi connectivity index (χ2n) is 4.25. The second-order valence-corrected chi connectivity index (χ2v) is 4.25. The normalized spacial score (nSPS) is 24.4. The van der Waals surface area contributed by atoms with Crippen LogP contribution in [0.15, 0.2) is 0 Å². The van der Waals surface area contributed by atoms with Gasteiger partial charge in [-0.2, -0.15) is 0 Å². The van der Waals surface area contributed by atoms with E-state index < -0.39 is 0 Å². The van der Waals surface area contributed by atoms with Gasteiger partial charge in [-0.3, -0.25) is 0 Å². The molecule has 0 radical (unpaired) electrons. The molecule has 1 saturated heterocycles. The Morgan fingerprint density at radius 2 is 2.36 bits per heavy atom. The van der Waals surface area contributed by atoms with Gasteiger partial charge in [0, 0.05) is 18.7 Å².